The van der Waals surface area contributed by atoms with Gasteiger partial charge in [0.2, 0.25) is 0 Å². The molecule has 0 bridgehead atoms. The first-order valence-electron chi connectivity index (χ1n) is 14.3. The molecule has 0 aromatic carbocycles. The van der Waals surface area contributed by atoms with Crippen molar-refractivity contribution in [2.75, 3.05) is 0 Å². The van der Waals surface area contributed by atoms with Crippen LogP contribution in [0.4, 0.5) is 0 Å². The first-order valence-corrected chi connectivity index (χ1v) is 14.3. The molecule has 0 saturated heterocycles. The number of rotatable bonds is 24. The zero-order valence-corrected chi connectivity index (χ0v) is 21.4. The van der Waals surface area contributed by atoms with E-state index in [9.17, 15) is 0 Å². The second-order valence-corrected chi connectivity index (χ2v) is 10.1. The van der Waals surface area contributed by atoms with Gasteiger partial charge in [0.05, 0.1) is 0 Å². The molecule has 0 aliphatic carbocycles. The van der Waals surface area contributed by atoms with Gasteiger partial charge < -0.3 is 0 Å². The van der Waals surface area contributed by atoms with Crippen molar-refractivity contribution in [1.82, 2.24) is 0 Å². The van der Waals surface area contributed by atoms with Crippen LogP contribution in [0.3, 0.4) is 0 Å². The van der Waals surface area contributed by atoms with Crippen LogP contribution in [-0.4, -0.2) is 0 Å². The van der Waals surface area contributed by atoms with Crippen molar-refractivity contribution >= 4 is 0 Å². The van der Waals surface area contributed by atoms with Gasteiger partial charge in [0.25, 0.3) is 0 Å². The molecule has 29 heavy (non-hydrogen) atoms. The Morgan fingerprint density at radius 3 is 0.966 bits per heavy atom. The number of hydrogen-bond acceptors (Lipinski definition) is 0. The topological polar surface area (TPSA) is 0 Å². The normalized spacial score (nSPS) is 13.7. The first kappa shape index (κ1) is 29.0. The Morgan fingerprint density at radius 2 is 0.586 bits per heavy atom. The molecule has 0 rings (SSSR count). The lowest BCUT2D eigenvalue weighted by molar-refractivity contribution is 0.284. The van der Waals surface area contributed by atoms with Gasteiger partial charge in [-0.25, -0.2) is 0 Å². The zero-order valence-electron chi connectivity index (χ0n) is 21.4. The quantitative estimate of drug-likeness (QED) is 0.139. The van der Waals surface area contributed by atoms with E-state index in [4.69, 9.17) is 0 Å². The van der Waals surface area contributed by atoms with Gasteiger partial charge in [-0.2, -0.15) is 0 Å². The highest BCUT2D eigenvalue weighted by Gasteiger charge is 2.16. The molecule has 0 spiro atoms. The van der Waals surface area contributed by atoms with Gasteiger partial charge in [-0.3, -0.25) is 0 Å². The fourth-order valence-corrected chi connectivity index (χ4v) is 5.01. The lowest BCUT2D eigenvalue weighted by Gasteiger charge is -2.24. The van der Waals surface area contributed by atoms with Gasteiger partial charge in [-0.15, -0.1) is 0 Å². The van der Waals surface area contributed by atoms with Crippen LogP contribution in [0.1, 0.15) is 175 Å². The molecule has 0 nitrogen and oxygen atoms in total. The summed E-state index contributed by atoms with van der Waals surface area (Å²) in [6.45, 7) is 9.37. The van der Waals surface area contributed by atoms with Crippen molar-refractivity contribution in [2.45, 2.75) is 175 Å². The summed E-state index contributed by atoms with van der Waals surface area (Å²) in [5, 5.41) is 0. The molecule has 0 heterocycles. The minimum atomic E-state index is 1.03. The Balaban J connectivity index is 4.33. The maximum Gasteiger partial charge on any atom is -0.0412 e. The molecule has 0 saturated carbocycles. The molecule has 176 valence electrons. The Bertz CT molecular complexity index is 282. The molecule has 0 heteroatoms. The van der Waals surface area contributed by atoms with Crippen LogP contribution in [0.15, 0.2) is 0 Å². The monoisotopic (exact) mass is 408 g/mol. The summed E-state index contributed by atoms with van der Waals surface area (Å²) in [4.78, 5) is 0. The van der Waals surface area contributed by atoms with E-state index in [-0.39, 0.29) is 0 Å². The lowest BCUT2D eigenvalue weighted by atomic mass is 9.82. The van der Waals surface area contributed by atoms with E-state index >= 15 is 0 Å². The van der Waals surface area contributed by atoms with Crippen molar-refractivity contribution in [3.63, 3.8) is 0 Å². The largest absolute Gasteiger partial charge is 0.0654 e. The summed E-state index contributed by atoms with van der Waals surface area (Å²) in [6, 6.07) is 0. The molecule has 2 atom stereocenters. The summed E-state index contributed by atoms with van der Waals surface area (Å²) < 4.78 is 0. The van der Waals surface area contributed by atoms with E-state index < -0.39 is 0 Å². The second kappa shape index (κ2) is 24.3. The second-order valence-electron chi connectivity index (χ2n) is 10.1. The number of hydrogen-bond donors (Lipinski definition) is 0. The highest BCUT2D eigenvalue weighted by atomic mass is 14.2. The van der Waals surface area contributed by atoms with E-state index in [1.807, 2.05) is 0 Å². The third-order valence-electron chi connectivity index (χ3n) is 7.03. The Kier molecular flexibility index (Phi) is 24.3. The van der Waals surface area contributed by atoms with Crippen molar-refractivity contribution in [3.05, 3.63) is 0 Å². The summed E-state index contributed by atoms with van der Waals surface area (Å²) in [6.07, 6.45) is 33.7. The van der Waals surface area contributed by atoms with Crippen LogP contribution in [-0.2, 0) is 0 Å². The van der Waals surface area contributed by atoms with E-state index in [2.05, 4.69) is 27.7 Å². The molecule has 0 fully saturated rings. The molecule has 0 N–H and O–H groups in total. The van der Waals surface area contributed by atoms with Crippen molar-refractivity contribution < 1.29 is 0 Å². The zero-order chi connectivity index (χ0) is 21.4. The van der Waals surface area contributed by atoms with E-state index in [0.29, 0.717) is 0 Å². The Labute approximate surface area is 187 Å². The SMILES string of the molecule is CCCCCCCCC(CCCC)CC(CCCCCC)CCCCCCCC. The van der Waals surface area contributed by atoms with Gasteiger partial charge in [0.15, 0.2) is 0 Å². The third-order valence-corrected chi connectivity index (χ3v) is 7.03. The molecule has 0 aromatic rings. The van der Waals surface area contributed by atoms with Crippen LogP contribution >= 0.6 is 0 Å². The Morgan fingerprint density at radius 1 is 0.310 bits per heavy atom. The first-order chi connectivity index (χ1) is 14.3. The van der Waals surface area contributed by atoms with Crippen LogP contribution < -0.4 is 0 Å². The molecule has 0 radical (unpaired) electrons. The minimum Gasteiger partial charge on any atom is -0.0654 e. The average molecular weight is 409 g/mol. The maximum absolute atomic E-state index is 2.38. The van der Waals surface area contributed by atoms with Crippen LogP contribution in [0.5, 0.6) is 0 Å². The number of unbranched alkanes of at least 4 members (excludes halogenated alkanes) is 14. The fraction of sp³-hybridized carbons (Fsp3) is 1.00. The summed E-state index contributed by atoms with van der Waals surface area (Å²) >= 11 is 0. The summed E-state index contributed by atoms with van der Waals surface area (Å²) in [5.74, 6) is 2.05. The maximum atomic E-state index is 2.38. The van der Waals surface area contributed by atoms with E-state index in [1.54, 1.807) is 6.42 Å². The van der Waals surface area contributed by atoms with Crippen LogP contribution in [0.25, 0.3) is 0 Å². The van der Waals surface area contributed by atoms with Gasteiger partial charge in [-0.1, -0.05) is 169 Å². The van der Waals surface area contributed by atoms with Crippen LogP contribution in [0, 0.1) is 11.8 Å². The van der Waals surface area contributed by atoms with Crippen LogP contribution in [0.2, 0.25) is 0 Å². The predicted octanol–water partition coefficient (Wildman–Crippen LogP) is 11.3. The van der Waals surface area contributed by atoms with Crippen molar-refractivity contribution in [3.8, 4) is 0 Å². The third kappa shape index (κ3) is 21.0. The summed E-state index contributed by atoms with van der Waals surface area (Å²) in [5.41, 5.74) is 0. The van der Waals surface area contributed by atoms with Gasteiger partial charge in [-0.05, 0) is 18.3 Å². The van der Waals surface area contributed by atoms with E-state index in [1.165, 1.54) is 141 Å². The van der Waals surface area contributed by atoms with Crippen molar-refractivity contribution in [1.29, 1.82) is 0 Å². The molecular weight excluding hydrogens is 348 g/mol. The van der Waals surface area contributed by atoms with Gasteiger partial charge in [0, 0.05) is 0 Å². The molecule has 0 aliphatic heterocycles. The molecule has 0 aromatic heterocycles. The fourth-order valence-electron chi connectivity index (χ4n) is 5.01. The minimum absolute atomic E-state index is 1.03. The Hall–Kier alpha value is 0. The standard InChI is InChI=1S/C29H60/c1-5-9-13-16-18-21-25-28(23-12-8-4)27-29(24-20-15-11-7-3)26-22-19-17-14-10-6-2/h28-29H,5-27H2,1-4H3. The molecule has 0 aliphatic rings. The van der Waals surface area contributed by atoms with Gasteiger partial charge in [0.1, 0.15) is 0 Å². The molecular formula is C29H60. The lowest BCUT2D eigenvalue weighted by Crippen LogP contribution is -2.10. The molecule has 0 amide bonds. The van der Waals surface area contributed by atoms with Gasteiger partial charge >= 0.3 is 0 Å². The average Bonchev–Trinajstić information content (AvgIpc) is 2.73. The van der Waals surface area contributed by atoms with Crippen molar-refractivity contribution in [2.24, 2.45) is 11.8 Å². The van der Waals surface area contributed by atoms with E-state index in [0.717, 1.165) is 11.8 Å². The highest BCUT2D eigenvalue weighted by molar-refractivity contribution is 4.69. The summed E-state index contributed by atoms with van der Waals surface area (Å²) in [7, 11) is 0. The molecule has 2 unspecified atom stereocenters. The smallest absolute Gasteiger partial charge is 0.0412 e. The highest BCUT2D eigenvalue weighted by Crippen LogP contribution is 2.30. The predicted molar refractivity (Wildman–Crippen MR) is 136 cm³/mol.